The number of aliphatic hydroxyl groups is 1. The molecule has 13 heavy (non-hydrogen) atoms. The maximum absolute atomic E-state index is 8.88. The number of aliphatic hydroxyl groups excluding tert-OH is 1. The molecule has 0 spiro atoms. The smallest absolute Gasteiger partial charge is 0.166 e. The van der Waals surface area contributed by atoms with E-state index in [0.717, 1.165) is 6.61 Å². The van der Waals surface area contributed by atoms with Gasteiger partial charge in [-0.25, -0.2) is 0 Å². The zero-order valence-electron chi connectivity index (χ0n) is 7.78. The van der Waals surface area contributed by atoms with Gasteiger partial charge in [-0.1, -0.05) is 12.1 Å². The molecule has 0 unspecified atom stereocenters. The number of methoxy groups -OCH3 is 1. The topological polar surface area (TPSA) is 38.7 Å². The highest BCUT2D eigenvalue weighted by Gasteiger charge is 2.08. The van der Waals surface area contributed by atoms with Crippen molar-refractivity contribution in [2.24, 2.45) is 0 Å². The summed E-state index contributed by atoms with van der Waals surface area (Å²) in [7, 11) is 1.55. The van der Waals surface area contributed by atoms with Crippen molar-refractivity contribution in [2.45, 2.75) is 6.92 Å². The van der Waals surface area contributed by atoms with Crippen LogP contribution in [0.1, 0.15) is 12.5 Å². The summed E-state index contributed by atoms with van der Waals surface area (Å²) in [5.74, 6) is 1.21. The normalized spacial score (nSPS) is 9.77. The second-order valence-electron chi connectivity index (χ2n) is 2.44. The first-order valence-corrected chi connectivity index (χ1v) is 4.10. The summed E-state index contributed by atoms with van der Waals surface area (Å²) >= 11 is 0. The van der Waals surface area contributed by atoms with E-state index in [9.17, 15) is 0 Å². The highest BCUT2D eigenvalue weighted by molar-refractivity contribution is 5.48. The molecule has 1 aromatic rings. The van der Waals surface area contributed by atoms with E-state index in [-0.39, 0.29) is 0 Å². The van der Waals surface area contributed by atoms with Crippen LogP contribution < -0.4 is 9.47 Å². The Balaban J connectivity index is 3.03. The lowest BCUT2D eigenvalue weighted by atomic mass is 10.2. The molecule has 0 saturated heterocycles. The zero-order valence-corrected chi connectivity index (χ0v) is 7.78. The largest absolute Gasteiger partial charge is 0.492 e. The summed E-state index contributed by atoms with van der Waals surface area (Å²) in [6.07, 6.45) is 0. The van der Waals surface area contributed by atoms with Gasteiger partial charge in [-0.3, -0.25) is 0 Å². The summed E-state index contributed by atoms with van der Waals surface area (Å²) in [6.45, 7) is 3.47. The van der Waals surface area contributed by atoms with E-state index >= 15 is 0 Å². The van der Waals surface area contributed by atoms with Crippen LogP contribution in [0.3, 0.4) is 0 Å². The van der Waals surface area contributed by atoms with Gasteiger partial charge in [-0.2, -0.15) is 0 Å². The van der Waals surface area contributed by atoms with Crippen molar-refractivity contribution in [2.75, 3.05) is 13.7 Å². The number of rotatable bonds is 4. The van der Waals surface area contributed by atoms with Gasteiger partial charge >= 0.3 is 0 Å². The molecule has 0 amide bonds. The first-order chi connectivity index (χ1) is 6.33. The Morgan fingerprint density at radius 3 is 2.77 bits per heavy atom. The molecule has 0 atom stereocenters. The third kappa shape index (κ3) is 2.12. The van der Waals surface area contributed by atoms with E-state index in [2.05, 4.69) is 0 Å². The molecule has 0 aliphatic carbocycles. The van der Waals surface area contributed by atoms with Crippen molar-refractivity contribution in [3.63, 3.8) is 0 Å². The molecule has 0 fully saturated rings. The molecule has 0 saturated carbocycles. The Labute approximate surface area is 77.9 Å². The van der Waals surface area contributed by atoms with Gasteiger partial charge in [0.1, 0.15) is 6.61 Å². The second kappa shape index (κ2) is 4.72. The minimum Gasteiger partial charge on any atom is -0.492 e. The molecule has 0 aliphatic heterocycles. The van der Waals surface area contributed by atoms with E-state index in [4.69, 9.17) is 14.6 Å². The summed E-state index contributed by atoms with van der Waals surface area (Å²) in [5.41, 5.74) is 0.619. The van der Waals surface area contributed by atoms with Crippen LogP contribution in [0.2, 0.25) is 0 Å². The number of ether oxygens (including phenoxy) is 2. The highest BCUT2D eigenvalue weighted by Crippen LogP contribution is 2.31. The van der Waals surface area contributed by atoms with Crippen molar-refractivity contribution in [3.05, 3.63) is 30.4 Å². The summed E-state index contributed by atoms with van der Waals surface area (Å²) in [6, 6.07) is 5.35. The number of hydrogen-bond acceptors (Lipinski definition) is 3. The van der Waals surface area contributed by atoms with Gasteiger partial charge in [0.15, 0.2) is 11.5 Å². The van der Waals surface area contributed by atoms with Crippen molar-refractivity contribution in [1.82, 2.24) is 0 Å². The molecule has 1 radical (unpaired) electrons. The van der Waals surface area contributed by atoms with Gasteiger partial charge in [-0.05, 0) is 13.0 Å². The van der Waals surface area contributed by atoms with E-state index in [1.165, 1.54) is 0 Å². The minimum absolute atomic E-state index is 0.562. The minimum atomic E-state index is 0.562. The molecule has 0 bridgehead atoms. The molecule has 1 aromatic carbocycles. The van der Waals surface area contributed by atoms with Gasteiger partial charge < -0.3 is 14.6 Å². The standard InChI is InChI=1S/C10H13O3/c1-3-13-9-6-4-5-8(7-11)10(9)12-2/h4-7,11H,3H2,1-2H3. The first kappa shape index (κ1) is 9.86. The van der Waals surface area contributed by atoms with Crippen molar-refractivity contribution in [3.8, 4) is 11.5 Å². The predicted molar refractivity (Wildman–Crippen MR) is 49.5 cm³/mol. The third-order valence-corrected chi connectivity index (χ3v) is 1.65. The monoisotopic (exact) mass is 181 g/mol. The molecule has 71 valence electrons. The van der Waals surface area contributed by atoms with E-state index in [0.29, 0.717) is 23.7 Å². The Morgan fingerprint density at radius 2 is 2.23 bits per heavy atom. The van der Waals surface area contributed by atoms with Crippen LogP contribution >= 0.6 is 0 Å². The molecule has 3 heteroatoms. The maximum Gasteiger partial charge on any atom is 0.166 e. The fraction of sp³-hybridized carbons (Fsp3) is 0.300. The Morgan fingerprint density at radius 1 is 1.46 bits per heavy atom. The fourth-order valence-electron chi connectivity index (χ4n) is 1.12. The lowest BCUT2D eigenvalue weighted by molar-refractivity contribution is 0.307. The Hall–Kier alpha value is -1.22. The van der Waals surface area contributed by atoms with Crippen molar-refractivity contribution >= 4 is 0 Å². The average Bonchev–Trinajstić information content (AvgIpc) is 2.18. The van der Waals surface area contributed by atoms with Crippen LogP contribution in [-0.2, 0) is 0 Å². The van der Waals surface area contributed by atoms with E-state index < -0.39 is 0 Å². The third-order valence-electron chi connectivity index (χ3n) is 1.65. The molecule has 3 nitrogen and oxygen atoms in total. The van der Waals surface area contributed by atoms with Gasteiger partial charge in [0.05, 0.1) is 13.7 Å². The number of benzene rings is 1. The van der Waals surface area contributed by atoms with Gasteiger partial charge in [-0.15, -0.1) is 0 Å². The molecular weight excluding hydrogens is 168 g/mol. The van der Waals surface area contributed by atoms with Crippen LogP contribution in [0.4, 0.5) is 0 Å². The van der Waals surface area contributed by atoms with Crippen LogP contribution in [-0.4, -0.2) is 18.8 Å². The summed E-state index contributed by atoms with van der Waals surface area (Å²) in [4.78, 5) is 0. The van der Waals surface area contributed by atoms with Crippen molar-refractivity contribution in [1.29, 1.82) is 0 Å². The SMILES string of the molecule is CCOc1cccc([CH]O)c1OC. The average molecular weight is 181 g/mol. The first-order valence-electron chi connectivity index (χ1n) is 4.10. The highest BCUT2D eigenvalue weighted by atomic mass is 16.5. The van der Waals surface area contributed by atoms with Gasteiger partial charge in [0.25, 0.3) is 0 Å². The van der Waals surface area contributed by atoms with Crippen LogP contribution in [0.5, 0.6) is 11.5 Å². The Bertz CT molecular complexity index is 271. The zero-order chi connectivity index (χ0) is 9.68. The lowest BCUT2D eigenvalue weighted by Gasteiger charge is -2.11. The molecular formula is C10H13O3. The quantitative estimate of drug-likeness (QED) is 0.771. The maximum atomic E-state index is 8.88. The molecule has 0 aliphatic rings. The van der Waals surface area contributed by atoms with Crippen LogP contribution in [0, 0.1) is 6.61 Å². The molecule has 1 rings (SSSR count). The lowest BCUT2D eigenvalue weighted by Crippen LogP contribution is -1.97. The predicted octanol–water partition coefficient (Wildman–Crippen LogP) is 1.98. The van der Waals surface area contributed by atoms with E-state index in [1.807, 2.05) is 6.92 Å². The fourth-order valence-corrected chi connectivity index (χ4v) is 1.12. The summed E-state index contributed by atoms with van der Waals surface area (Å²) in [5, 5.41) is 8.88. The number of para-hydroxylation sites is 1. The van der Waals surface area contributed by atoms with Crippen LogP contribution in [0.25, 0.3) is 0 Å². The summed E-state index contributed by atoms with van der Waals surface area (Å²) < 4.78 is 10.4. The van der Waals surface area contributed by atoms with Gasteiger partial charge in [0.2, 0.25) is 0 Å². The molecule has 0 heterocycles. The molecule has 1 N–H and O–H groups in total. The Kier molecular flexibility index (Phi) is 3.58. The van der Waals surface area contributed by atoms with Gasteiger partial charge in [0, 0.05) is 5.56 Å². The van der Waals surface area contributed by atoms with Crippen LogP contribution in [0.15, 0.2) is 18.2 Å². The van der Waals surface area contributed by atoms with Crippen molar-refractivity contribution < 1.29 is 14.6 Å². The molecule has 0 aromatic heterocycles. The van der Waals surface area contributed by atoms with E-state index in [1.54, 1.807) is 25.3 Å². The second-order valence-corrected chi connectivity index (χ2v) is 2.44. The number of hydrogen-bond donors (Lipinski definition) is 1.